The summed E-state index contributed by atoms with van der Waals surface area (Å²) in [6, 6.07) is 0.240. The zero-order valence-corrected chi connectivity index (χ0v) is 6.11. The molecule has 1 rings (SSSR count). The second kappa shape index (κ2) is 2.56. The molecule has 1 fully saturated rings. The van der Waals surface area contributed by atoms with Crippen LogP contribution in [0.2, 0.25) is 0 Å². The highest BCUT2D eigenvalue weighted by atomic mass is 35.5. The largest absolute Gasteiger partial charge is 0.352 e. The molecule has 0 bridgehead atoms. The fourth-order valence-electron chi connectivity index (χ4n) is 0.883. The van der Waals surface area contributed by atoms with Crippen molar-refractivity contribution in [1.82, 2.24) is 5.32 Å². The first-order chi connectivity index (χ1) is 4.20. The van der Waals surface area contributed by atoms with Gasteiger partial charge in [0.15, 0.2) is 0 Å². The average molecular weight is 148 g/mol. The normalized spacial score (nSPS) is 33.1. The summed E-state index contributed by atoms with van der Waals surface area (Å²) in [5.74, 6) is 0.0188. The minimum Gasteiger partial charge on any atom is -0.352 e. The number of rotatable bonds is 1. The Balaban J connectivity index is 2.21. The van der Waals surface area contributed by atoms with Gasteiger partial charge in [0.05, 0.1) is 5.38 Å². The van der Waals surface area contributed by atoms with Crippen LogP contribution >= 0.6 is 11.6 Å². The van der Waals surface area contributed by atoms with Crippen molar-refractivity contribution in [2.45, 2.75) is 31.2 Å². The lowest BCUT2D eigenvalue weighted by atomic mass is 9.92. The summed E-state index contributed by atoms with van der Waals surface area (Å²) < 4.78 is 0. The quantitative estimate of drug-likeness (QED) is 0.549. The lowest BCUT2D eigenvalue weighted by molar-refractivity contribution is -0.120. The first kappa shape index (κ1) is 6.87. The van der Waals surface area contributed by atoms with E-state index in [1.807, 2.05) is 0 Å². The number of nitrogens with one attached hydrogen (secondary N) is 1. The van der Waals surface area contributed by atoms with Crippen molar-refractivity contribution in [1.29, 1.82) is 0 Å². The van der Waals surface area contributed by atoms with Crippen LogP contribution in [0, 0.1) is 0 Å². The molecule has 1 amide bonds. The predicted octanol–water partition coefficient (Wildman–Crippen LogP) is 0.892. The first-order valence-corrected chi connectivity index (χ1v) is 3.55. The summed E-state index contributed by atoms with van der Waals surface area (Å²) in [7, 11) is 0. The lowest BCUT2D eigenvalue weighted by Crippen LogP contribution is -2.46. The van der Waals surface area contributed by atoms with Crippen molar-refractivity contribution in [3.05, 3.63) is 0 Å². The third kappa shape index (κ3) is 1.58. The smallest absolute Gasteiger partial charge is 0.217 e. The molecule has 1 N–H and O–H groups in total. The Kier molecular flexibility index (Phi) is 1.96. The second-order valence-electron chi connectivity index (χ2n) is 2.40. The van der Waals surface area contributed by atoms with Crippen molar-refractivity contribution >= 4 is 17.5 Å². The fourth-order valence-corrected chi connectivity index (χ4v) is 1.20. The zero-order chi connectivity index (χ0) is 6.85. The van der Waals surface area contributed by atoms with Gasteiger partial charge in [-0.1, -0.05) is 0 Å². The maximum Gasteiger partial charge on any atom is 0.217 e. The van der Waals surface area contributed by atoms with E-state index in [-0.39, 0.29) is 17.3 Å². The van der Waals surface area contributed by atoms with Crippen LogP contribution in [0.1, 0.15) is 19.8 Å². The van der Waals surface area contributed by atoms with Gasteiger partial charge in [-0.05, 0) is 12.8 Å². The Morgan fingerprint density at radius 3 is 2.44 bits per heavy atom. The van der Waals surface area contributed by atoms with Crippen LogP contribution in [0.4, 0.5) is 0 Å². The van der Waals surface area contributed by atoms with E-state index in [0.717, 1.165) is 12.8 Å². The molecule has 1 saturated carbocycles. The SMILES string of the molecule is CC(=O)NC1CCC1Cl. The maximum absolute atomic E-state index is 10.4. The molecule has 0 saturated heterocycles. The fraction of sp³-hybridized carbons (Fsp3) is 0.833. The predicted molar refractivity (Wildman–Crippen MR) is 36.5 cm³/mol. The zero-order valence-electron chi connectivity index (χ0n) is 5.36. The molecule has 2 nitrogen and oxygen atoms in total. The standard InChI is InChI=1S/C6H10ClNO/c1-4(9)8-6-3-2-5(6)7/h5-6H,2-3H2,1H3,(H,8,9). The number of alkyl halides is 1. The number of hydrogen-bond donors (Lipinski definition) is 1. The van der Waals surface area contributed by atoms with Crippen LogP contribution in [-0.4, -0.2) is 17.3 Å². The van der Waals surface area contributed by atoms with E-state index in [1.165, 1.54) is 6.92 Å². The molecular formula is C6H10ClNO. The van der Waals surface area contributed by atoms with E-state index in [4.69, 9.17) is 11.6 Å². The highest BCUT2D eigenvalue weighted by Gasteiger charge is 2.28. The van der Waals surface area contributed by atoms with Gasteiger partial charge in [0.25, 0.3) is 0 Å². The molecule has 52 valence electrons. The summed E-state index contributed by atoms with van der Waals surface area (Å²) >= 11 is 5.74. The Morgan fingerprint density at radius 2 is 2.33 bits per heavy atom. The van der Waals surface area contributed by atoms with Crippen molar-refractivity contribution in [3.63, 3.8) is 0 Å². The Bertz CT molecular complexity index is 126. The topological polar surface area (TPSA) is 29.1 Å². The molecule has 0 radical (unpaired) electrons. The molecule has 0 aromatic rings. The number of carbonyl (C=O) groups is 1. The van der Waals surface area contributed by atoms with E-state index in [9.17, 15) is 4.79 Å². The molecule has 1 aliphatic rings. The first-order valence-electron chi connectivity index (χ1n) is 3.11. The van der Waals surface area contributed by atoms with Gasteiger partial charge in [-0.25, -0.2) is 0 Å². The van der Waals surface area contributed by atoms with Gasteiger partial charge < -0.3 is 5.32 Å². The van der Waals surface area contributed by atoms with Gasteiger partial charge in [0, 0.05) is 13.0 Å². The molecule has 0 heterocycles. The average Bonchev–Trinajstić information content (AvgIpc) is 1.79. The summed E-state index contributed by atoms with van der Waals surface area (Å²) in [6.45, 7) is 1.52. The number of halogens is 1. The molecule has 2 unspecified atom stereocenters. The van der Waals surface area contributed by atoms with Gasteiger partial charge in [-0.15, -0.1) is 11.6 Å². The van der Waals surface area contributed by atoms with E-state index in [1.54, 1.807) is 0 Å². The summed E-state index contributed by atoms with van der Waals surface area (Å²) in [5, 5.41) is 2.93. The molecular weight excluding hydrogens is 138 g/mol. The monoisotopic (exact) mass is 147 g/mol. The second-order valence-corrected chi connectivity index (χ2v) is 2.96. The van der Waals surface area contributed by atoms with Gasteiger partial charge >= 0.3 is 0 Å². The van der Waals surface area contributed by atoms with Gasteiger partial charge in [-0.3, -0.25) is 4.79 Å². The highest BCUT2D eigenvalue weighted by molar-refractivity contribution is 6.21. The molecule has 0 spiro atoms. The number of carbonyl (C=O) groups excluding carboxylic acids is 1. The van der Waals surface area contributed by atoms with E-state index >= 15 is 0 Å². The summed E-state index contributed by atoms with van der Waals surface area (Å²) in [5.41, 5.74) is 0. The lowest BCUT2D eigenvalue weighted by Gasteiger charge is -2.31. The van der Waals surface area contributed by atoms with Gasteiger partial charge in [-0.2, -0.15) is 0 Å². The van der Waals surface area contributed by atoms with Gasteiger partial charge in [0.2, 0.25) is 5.91 Å². The Morgan fingerprint density at radius 1 is 1.67 bits per heavy atom. The van der Waals surface area contributed by atoms with E-state index in [0.29, 0.717) is 0 Å². The van der Waals surface area contributed by atoms with Crippen molar-refractivity contribution in [3.8, 4) is 0 Å². The van der Waals surface area contributed by atoms with Crippen molar-refractivity contribution in [2.75, 3.05) is 0 Å². The van der Waals surface area contributed by atoms with E-state index in [2.05, 4.69) is 5.32 Å². The van der Waals surface area contributed by atoms with Gasteiger partial charge in [0.1, 0.15) is 0 Å². The van der Waals surface area contributed by atoms with Crippen LogP contribution in [-0.2, 0) is 4.79 Å². The molecule has 0 aromatic heterocycles. The minimum absolute atomic E-state index is 0.0188. The molecule has 0 aromatic carbocycles. The Hall–Kier alpha value is -0.240. The molecule has 1 aliphatic carbocycles. The molecule has 0 aliphatic heterocycles. The maximum atomic E-state index is 10.4. The molecule has 3 heteroatoms. The van der Waals surface area contributed by atoms with Crippen LogP contribution in [0.3, 0.4) is 0 Å². The number of amides is 1. The number of hydrogen-bond acceptors (Lipinski definition) is 1. The third-order valence-electron chi connectivity index (χ3n) is 1.58. The van der Waals surface area contributed by atoms with Crippen molar-refractivity contribution < 1.29 is 4.79 Å². The van der Waals surface area contributed by atoms with E-state index < -0.39 is 0 Å². The van der Waals surface area contributed by atoms with Crippen LogP contribution in [0.25, 0.3) is 0 Å². The van der Waals surface area contributed by atoms with Crippen LogP contribution in [0.15, 0.2) is 0 Å². The van der Waals surface area contributed by atoms with Crippen molar-refractivity contribution in [2.24, 2.45) is 0 Å². The Labute approximate surface area is 59.6 Å². The van der Waals surface area contributed by atoms with Crippen LogP contribution < -0.4 is 5.32 Å². The third-order valence-corrected chi connectivity index (χ3v) is 2.10. The minimum atomic E-state index is 0.0188. The van der Waals surface area contributed by atoms with Crippen LogP contribution in [0.5, 0.6) is 0 Å². The molecule has 2 atom stereocenters. The summed E-state index contributed by atoms with van der Waals surface area (Å²) in [6.07, 6.45) is 2.07. The highest BCUT2D eigenvalue weighted by Crippen LogP contribution is 2.24. The molecule has 9 heavy (non-hydrogen) atoms. The summed E-state index contributed by atoms with van der Waals surface area (Å²) in [4.78, 5) is 10.4.